The van der Waals surface area contributed by atoms with Crippen molar-refractivity contribution in [2.24, 2.45) is 0 Å². The number of carbonyl (C=O) groups is 3. The average molecular weight is 734 g/mol. The van der Waals surface area contributed by atoms with E-state index in [1.807, 2.05) is 0 Å². The number of unbranched alkanes of at least 4 members (excludes halogenated alkanes) is 17. The van der Waals surface area contributed by atoms with E-state index in [4.69, 9.17) is 14.2 Å². The third kappa shape index (κ3) is 33.4. The molecule has 0 spiro atoms. The number of hydrogen-bond donors (Lipinski definition) is 0. The number of carboxylic acids is 1. The molecule has 0 aromatic rings. The van der Waals surface area contributed by atoms with Crippen LogP contribution in [0, 0.1) is 0 Å². The first-order chi connectivity index (χ1) is 25.1. The Bertz CT molecular complexity index is 953. The molecule has 0 aliphatic carbocycles. The molecule has 0 N–H and O–H groups in total. The smallest absolute Gasteiger partial charge is 0.306 e. The molecule has 0 aliphatic heterocycles. The van der Waals surface area contributed by atoms with Crippen LogP contribution in [0.15, 0.2) is 36.5 Å². The summed E-state index contributed by atoms with van der Waals surface area (Å²) in [5.41, 5.74) is 0. The number of carboxylic acid groups (broad SMARTS) is 1. The maximum absolute atomic E-state index is 12.7. The molecule has 0 bridgehead atoms. The van der Waals surface area contributed by atoms with Gasteiger partial charge < -0.3 is 28.6 Å². The van der Waals surface area contributed by atoms with Crippen molar-refractivity contribution in [3.05, 3.63) is 36.5 Å². The van der Waals surface area contributed by atoms with Crippen molar-refractivity contribution in [1.29, 1.82) is 0 Å². The van der Waals surface area contributed by atoms with Crippen LogP contribution < -0.4 is 5.11 Å². The Morgan fingerprint density at radius 1 is 0.577 bits per heavy atom. The van der Waals surface area contributed by atoms with Crippen molar-refractivity contribution in [2.45, 2.75) is 187 Å². The number of quaternary nitrogens is 1. The molecule has 8 heteroatoms. The van der Waals surface area contributed by atoms with E-state index < -0.39 is 18.1 Å². The molecule has 302 valence electrons. The Hall–Kier alpha value is -2.45. The van der Waals surface area contributed by atoms with Gasteiger partial charge in [-0.05, 0) is 51.4 Å². The lowest BCUT2D eigenvalue weighted by atomic mass is 10.0. The number of rotatable bonds is 37. The van der Waals surface area contributed by atoms with E-state index in [2.05, 4.69) is 50.3 Å². The second kappa shape index (κ2) is 35.6. The molecular weight excluding hydrogens is 654 g/mol. The summed E-state index contributed by atoms with van der Waals surface area (Å²) in [4.78, 5) is 36.7. The molecule has 0 saturated heterocycles. The zero-order chi connectivity index (χ0) is 38.5. The van der Waals surface area contributed by atoms with Crippen LogP contribution >= 0.6 is 0 Å². The van der Waals surface area contributed by atoms with E-state index in [0.29, 0.717) is 12.8 Å². The minimum atomic E-state index is -1.13. The first-order valence-corrected chi connectivity index (χ1v) is 21.0. The molecule has 0 saturated carbocycles. The SMILES string of the molecule is CCCCC/C=C\C/C=C\C/C=C\CCCCC(=O)O[C@@H](COCCC(C(=O)[O-])[N+](C)(C)C)COC(=O)CCCCCCCCCCCCCCC. The Balaban J connectivity index is 4.44. The van der Waals surface area contributed by atoms with Gasteiger partial charge in [0, 0.05) is 19.3 Å². The number of allylic oxidation sites excluding steroid dienone is 6. The van der Waals surface area contributed by atoms with Crippen molar-refractivity contribution in [2.75, 3.05) is 41.0 Å². The lowest BCUT2D eigenvalue weighted by Gasteiger charge is -2.34. The first kappa shape index (κ1) is 49.6. The second-order valence-corrected chi connectivity index (χ2v) is 15.2. The van der Waals surface area contributed by atoms with Gasteiger partial charge in [-0.15, -0.1) is 0 Å². The van der Waals surface area contributed by atoms with Gasteiger partial charge in [0.05, 0.1) is 40.3 Å². The standard InChI is InChI=1S/C44H79NO7/c1-6-8-10-12-14-16-18-20-21-23-25-27-29-31-33-35-43(47)52-40(38-50-37-36-41(44(48)49)45(3,4)5)39-51-42(46)34-32-30-28-26-24-22-19-17-15-13-11-9-7-2/h14,16,20-21,25,27,40-41H,6-13,15,17-19,22-24,26,28-39H2,1-5H3/b16-14-,21-20-,27-25-/t40-,41?/m0/s1. The van der Waals surface area contributed by atoms with Gasteiger partial charge >= 0.3 is 11.9 Å². The Morgan fingerprint density at radius 2 is 1.02 bits per heavy atom. The number of carbonyl (C=O) groups excluding carboxylic acids is 3. The normalized spacial score (nSPS) is 13.3. The number of ether oxygens (including phenoxy) is 3. The molecule has 0 rings (SSSR count). The van der Waals surface area contributed by atoms with Crippen LogP contribution in [0.1, 0.15) is 174 Å². The van der Waals surface area contributed by atoms with Gasteiger partial charge in [-0.2, -0.15) is 0 Å². The van der Waals surface area contributed by atoms with Gasteiger partial charge in [-0.1, -0.05) is 140 Å². The molecule has 0 amide bonds. The molecule has 1 unspecified atom stereocenters. The molecule has 0 aliphatic rings. The fraction of sp³-hybridized carbons (Fsp3) is 0.795. The molecular formula is C44H79NO7. The largest absolute Gasteiger partial charge is 0.544 e. The molecule has 8 nitrogen and oxygen atoms in total. The molecule has 0 heterocycles. The zero-order valence-electron chi connectivity index (χ0n) is 34.2. The van der Waals surface area contributed by atoms with Crippen molar-refractivity contribution in [3.63, 3.8) is 0 Å². The van der Waals surface area contributed by atoms with E-state index in [0.717, 1.165) is 44.9 Å². The lowest BCUT2D eigenvalue weighted by molar-refractivity contribution is -0.889. The number of aliphatic carboxylic acids is 1. The van der Waals surface area contributed by atoms with Crippen molar-refractivity contribution in [1.82, 2.24) is 0 Å². The highest BCUT2D eigenvalue weighted by Crippen LogP contribution is 2.14. The van der Waals surface area contributed by atoms with Gasteiger partial charge in [0.1, 0.15) is 12.6 Å². The highest BCUT2D eigenvalue weighted by molar-refractivity contribution is 5.70. The monoisotopic (exact) mass is 734 g/mol. The van der Waals surface area contributed by atoms with Gasteiger partial charge in [0.25, 0.3) is 0 Å². The second-order valence-electron chi connectivity index (χ2n) is 15.2. The van der Waals surface area contributed by atoms with Crippen LogP contribution in [0.4, 0.5) is 0 Å². The highest BCUT2D eigenvalue weighted by atomic mass is 16.6. The van der Waals surface area contributed by atoms with Gasteiger partial charge in [0.15, 0.2) is 6.10 Å². The highest BCUT2D eigenvalue weighted by Gasteiger charge is 2.25. The maximum Gasteiger partial charge on any atom is 0.306 e. The maximum atomic E-state index is 12.7. The first-order valence-electron chi connectivity index (χ1n) is 21.0. The van der Waals surface area contributed by atoms with Crippen LogP contribution in [0.2, 0.25) is 0 Å². The Kier molecular flexibility index (Phi) is 33.9. The quantitative estimate of drug-likeness (QED) is 0.0271. The molecule has 2 atom stereocenters. The third-order valence-electron chi connectivity index (χ3n) is 9.28. The van der Waals surface area contributed by atoms with E-state index in [1.165, 1.54) is 89.9 Å². The van der Waals surface area contributed by atoms with Crippen molar-refractivity contribution < 1.29 is 38.2 Å². The number of nitrogens with zero attached hydrogens (tertiary/aromatic N) is 1. The van der Waals surface area contributed by atoms with E-state index in [-0.39, 0.29) is 49.1 Å². The minimum Gasteiger partial charge on any atom is -0.544 e. The topological polar surface area (TPSA) is 102 Å². The molecule has 0 radical (unpaired) electrons. The van der Waals surface area contributed by atoms with E-state index in [1.54, 1.807) is 21.1 Å². The van der Waals surface area contributed by atoms with Crippen LogP contribution in [-0.2, 0) is 28.6 Å². The van der Waals surface area contributed by atoms with Crippen LogP contribution in [0.3, 0.4) is 0 Å². The summed E-state index contributed by atoms with van der Waals surface area (Å²) in [7, 11) is 5.39. The average Bonchev–Trinajstić information content (AvgIpc) is 3.09. The fourth-order valence-electron chi connectivity index (χ4n) is 5.96. The minimum absolute atomic E-state index is 0.0274. The zero-order valence-corrected chi connectivity index (χ0v) is 34.2. The molecule has 0 aromatic carbocycles. The molecule has 0 fully saturated rings. The summed E-state index contributed by atoms with van der Waals surface area (Å²) in [5, 5.41) is 11.6. The predicted molar refractivity (Wildman–Crippen MR) is 213 cm³/mol. The van der Waals surface area contributed by atoms with E-state index >= 15 is 0 Å². The molecule has 0 aromatic heterocycles. The summed E-state index contributed by atoms with van der Waals surface area (Å²) in [6, 6.07) is -0.730. The summed E-state index contributed by atoms with van der Waals surface area (Å²) < 4.78 is 17.1. The fourth-order valence-corrected chi connectivity index (χ4v) is 5.96. The van der Waals surface area contributed by atoms with Gasteiger partial charge in [-0.25, -0.2) is 0 Å². The summed E-state index contributed by atoms with van der Waals surface area (Å²) in [5.74, 6) is -1.78. The van der Waals surface area contributed by atoms with Crippen molar-refractivity contribution >= 4 is 17.9 Å². The number of hydrogen-bond acceptors (Lipinski definition) is 7. The summed E-state index contributed by atoms with van der Waals surface area (Å²) in [6.45, 7) is 4.59. The summed E-state index contributed by atoms with van der Waals surface area (Å²) in [6.07, 6.45) is 38.8. The van der Waals surface area contributed by atoms with Crippen LogP contribution in [-0.4, -0.2) is 75.5 Å². The van der Waals surface area contributed by atoms with Crippen LogP contribution in [0.5, 0.6) is 0 Å². The van der Waals surface area contributed by atoms with Gasteiger partial charge in [0.2, 0.25) is 0 Å². The number of esters is 2. The summed E-state index contributed by atoms with van der Waals surface area (Å²) >= 11 is 0. The Morgan fingerprint density at radius 3 is 1.54 bits per heavy atom. The van der Waals surface area contributed by atoms with Crippen molar-refractivity contribution in [3.8, 4) is 0 Å². The lowest BCUT2D eigenvalue weighted by Crippen LogP contribution is -2.55. The number of likely N-dealkylation sites (N-methyl/N-ethyl adjacent to an activating group) is 1. The van der Waals surface area contributed by atoms with Crippen LogP contribution in [0.25, 0.3) is 0 Å². The predicted octanol–water partition coefficient (Wildman–Crippen LogP) is 9.74. The molecule has 52 heavy (non-hydrogen) atoms. The van der Waals surface area contributed by atoms with Gasteiger partial charge in [-0.3, -0.25) is 9.59 Å². The third-order valence-corrected chi connectivity index (χ3v) is 9.28. The Labute approximate surface area is 319 Å². The van der Waals surface area contributed by atoms with E-state index in [9.17, 15) is 19.5 Å².